The SMILES string of the molecule is CC(CCBr)CCSc1cc2ccccc2[nH]1. The van der Waals surface area contributed by atoms with Gasteiger partial charge in [-0.15, -0.1) is 11.8 Å². The normalized spacial score (nSPS) is 13.1. The Bertz CT molecular complexity index is 433. The number of rotatable bonds is 6. The number of nitrogens with one attached hydrogen (secondary N) is 1. The Morgan fingerprint density at radius 3 is 2.88 bits per heavy atom. The van der Waals surface area contributed by atoms with Crippen LogP contribution in [0.4, 0.5) is 0 Å². The predicted molar refractivity (Wildman–Crippen MR) is 81.2 cm³/mol. The number of hydrogen-bond donors (Lipinski definition) is 1. The Morgan fingerprint density at radius 1 is 1.29 bits per heavy atom. The van der Waals surface area contributed by atoms with Gasteiger partial charge < -0.3 is 4.98 Å². The number of para-hydroxylation sites is 1. The van der Waals surface area contributed by atoms with Gasteiger partial charge in [0.1, 0.15) is 0 Å². The van der Waals surface area contributed by atoms with E-state index in [1.54, 1.807) is 0 Å². The average Bonchev–Trinajstić information content (AvgIpc) is 2.71. The van der Waals surface area contributed by atoms with Crippen LogP contribution in [-0.4, -0.2) is 16.1 Å². The molecule has 0 saturated heterocycles. The molecule has 1 aromatic carbocycles. The molecule has 3 heteroatoms. The summed E-state index contributed by atoms with van der Waals surface area (Å²) in [7, 11) is 0. The predicted octanol–water partition coefficient (Wildman–Crippen LogP) is 5.07. The van der Waals surface area contributed by atoms with Crippen LogP contribution in [0.15, 0.2) is 35.4 Å². The van der Waals surface area contributed by atoms with E-state index in [1.807, 2.05) is 11.8 Å². The molecule has 0 fully saturated rings. The number of fused-ring (bicyclic) bond motifs is 1. The van der Waals surface area contributed by atoms with Gasteiger partial charge in [-0.25, -0.2) is 0 Å². The maximum Gasteiger partial charge on any atom is 0.0732 e. The molecule has 0 bridgehead atoms. The molecule has 17 heavy (non-hydrogen) atoms. The lowest BCUT2D eigenvalue weighted by Gasteiger charge is -2.07. The number of hydrogen-bond acceptors (Lipinski definition) is 1. The number of H-pyrrole nitrogens is 1. The Balaban J connectivity index is 1.86. The molecular formula is C14H18BrNS. The number of alkyl halides is 1. The topological polar surface area (TPSA) is 15.8 Å². The Morgan fingerprint density at radius 2 is 2.12 bits per heavy atom. The standard InChI is InChI=1S/C14H18BrNS/c1-11(6-8-15)7-9-17-14-10-12-4-2-3-5-13(12)16-14/h2-5,10-11,16H,6-9H2,1H3. The highest BCUT2D eigenvalue weighted by Crippen LogP contribution is 2.25. The van der Waals surface area contributed by atoms with Crippen molar-refractivity contribution in [3.8, 4) is 0 Å². The summed E-state index contributed by atoms with van der Waals surface area (Å²) in [5, 5.41) is 3.71. The molecule has 1 N–H and O–H groups in total. The van der Waals surface area contributed by atoms with Crippen molar-refractivity contribution in [2.45, 2.75) is 24.8 Å². The van der Waals surface area contributed by atoms with Crippen molar-refractivity contribution in [1.82, 2.24) is 4.98 Å². The summed E-state index contributed by atoms with van der Waals surface area (Å²) in [6, 6.07) is 10.7. The lowest BCUT2D eigenvalue weighted by molar-refractivity contribution is 0.555. The third-order valence-electron chi connectivity index (χ3n) is 2.98. The maximum atomic E-state index is 3.50. The van der Waals surface area contributed by atoms with Crippen LogP contribution in [0.25, 0.3) is 10.9 Å². The van der Waals surface area contributed by atoms with E-state index in [2.05, 4.69) is 58.2 Å². The van der Waals surface area contributed by atoms with Crippen LogP contribution in [0.2, 0.25) is 0 Å². The molecule has 0 aliphatic rings. The molecule has 1 heterocycles. The van der Waals surface area contributed by atoms with Crippen LogP contribution >= 0.6 is 27.7 Å². The third-order valence-corrected chi connectivity index (χ3v) is 4.40. The fourth-order valence-electron chi connectivity index (χ4n) is 1.83. The number of halogens is 1. The van der Waals surface area contributed by atoms with Gasteiger partial charge in [0.2, 0.25) is 0 Å². The van der Waals surface area contributed by atoms with Crippen molar-refractivity contribution < 1.29 is 0 Å². The van der Waals surface area contributed by atoms with Gasteiger partial charge in [-0.2, -0.15) is 0 Å². The van der Waals surface area contributed by atoms with E-state index in [-0.39, 0.29) is 0 Å². The van der Waals surface area contributed by atoms with E-state index in [0.717, 1.165) is 11.2 Å². The maximum absolute atomic E-state index is 3.50. The fraction of sp³-hybridized carbons (Fsp3) is 0.429. The van der Waals surface area contributed by atoms with E-state index < -0.39 is 0 Å². The van der Waals surface area contributed by atoms with Crippen molar-refractivity contribution in [1.29, 1.82) is 0 Å². The van der Waals surface area contributed by atoms with E-state index in [0.29, 0.717) is 0 Å². The monoisotopic (exact) mass is 311 g/mol. The van der Waals surface area contributed by atoms with Crippen molar-refractivity contribution in [3.63, 3.8) is 0 Å². The van der Waals surface area contributed by atoms with Gasteiger partial charge in [-0.3, -0.25) is 0 Å². The van der Waals surface area contributed by atoms with Crippen molar-refractivity contribution in [2.24, 2.45) is 5.92 Å². The van der Waals surface area contributed by atoms with Crippen LogP contribution in [0.5, 0.6) is 0 Å². The molecule has 0 spiro atoms. The molecule has 0 aliphatic heterocycles. The third kappa shape index (κ3) is 3.78. The molecule has 1 aromatic heterocycles. The van der Waals surface area contributed by atoms with Gasteiger partial charge in [0.15, 0.2) is 0 Å². The van der Waals surface area contributed by atoms with Gasteiger partial charge in [-0.05, 0) is 36.6 Å². The highest BCUT2D eigenvalue weighted by molar-refractivity contribution is 9.09. The Hall–Kier alpha value is -0.410. The molecule has 1 unspecified atom stereocenters. The second-order valence-electron chi connectivity index (χ2n) is 4.44. The minimum absolute atomic E-state index is 0.811. The molecule has 0 radical (unpaired) electrons. The number of benzene rings is 1. The second kappa shape index (κ2) is 6.50. The summed E-state index contributed by atoms with van der Waals surface area (Å²) in [6.07, 6.45) is 2.55. The number of thioether (sulfide) groups is 1. The first-order valence-electron chi connectivity index (χ1n) is 6.06. The zero-order valence-electron chi connectivity index (χ0n) is 10.1. The number of aromatic nitrogens is 1. The van der Waals surface area contributed by atoms with E-state index in [4.69, 9.17) is 0 Å². The van der Waals surface area contributed by atoms with Crippen LogP contribution in [0.1, 0.15) is 19.8 Å². The molecule has 2 aromatic rings. The lowest BCUT2D eigenvalue weighted by atomic mass is 10.1. The van der Waals surface area contributed by atoms with Crippen LogP contribution < -0.4 is 0 Å². The summed E-state index contributed by atoms with van der Waals surface area (Å²) in [5.41, 5.74) is 1.24. The van der Waals surface area contributed by atoms with Crippen molar-refractivity contribution >= 4 is 38.6 Å². The largest absolute Gasteiger partial charge is 0.350 e. The zero-order valence-corrected chi connectivity index (χ0v) is 12.5. The summed E-state index contributed by atoms with van der Waals surface area (Å²) in [5.74, 6) is 2.01. The van der Waals surface area contributed by atoms with Crippen LogP contribution in [0, 0.1) is 5.92 Å². The van der Waals surface area contributed by atoms with E-state index in [1.165, 1.54) is 34.5 Å². The van der Waals surface area contributed by atoms with Gasteiger partial charge in [-0.1, -0.05) is 41.1 Å². The molecule has 1 nitrogen and oxygen atoms in total. The molecule has 0 aliphatic carbocycles. The minimum atomic E-state index is 0.811. The van der Waals surface area contributed by atoms with Crippen molar-refractivity contribution in [2.75, 3.05) is 11.1 Å². The Labute approximate surface area is 116 Å². The smallest absolute Gasteiger partial charge is 0.0732 e. The van der Waals surface area contributed by atoms with Crippen LogP contribution in [0.3, 0.4) is 0 Å². The molecule has 2 rings (SSSR count). The van der Waals surface area contributed by atoms with E-state index in [9.17, 15) is 0 Å². The summed E-state index contributed by atoms with van der Waals surface area (Å²) >= 11 is 5.43. The summed E-state index contributed by atoms with van der Waals surface area (Å²) in [6.45, 7) is 2.33. The van der Waals surface area contributed by atoms with Gasteiger partial charge in [0.25, 0.3) is 0 Å². The van der Waals surface area contributed by atoms with E-state index >= 15 is 0 Å². The second-order valence-corrected chi connectivity index (χ2v) is 6.37. The Kier molecular flexibility index (Phi) is 4.99. The first kappa shape index (κ1) is 13.0. The van der Waals surface area contributed by atoms with Gasteiger partial charge in [0.05, 0.1) is 5.03 Å². The first-order chi connectivity index (χ1) is 8.29. The molecule has 0 saturated carbocycles. The quantitative estimate of drug-likeness (QED) is 0.581. The minimum Gasteiger partial charge on any atom is -0.350 e. The average molecular weight is 312 g/mol. The van der Waals surface area contributed by atoms with Gasteiger partial charge in [0, 0.05) is 16.2 Å². The van der Waals surface area contributed by atoms with Crippen molar-refractivity contribution in [3.05, 3.63) is 30.3 Å². The molecule has 1 atom stereocenters. The molecule has 0 amide bonds. The summed E-state index contributed by atoms with van der Waals surface area (Å²) < 4.78 is 0. The zero-order chi connectivity index (χ0) is 12.1. The highest BCUT2D eigenvalue weighted by Gasteiger charge is 2.03. The van der Waals surface area contributed by atoms with Gasteiger partial charge >= 0.3 is 0 Å². The number of aromatic amines is 1. The summed E-state index contributed by atoms with van der Waals surface area (Å²) in [4.78, 5) is 3.46. The first-order valence-corrected chi connectivity index (χ1v) is 8.17. The van der Waals surface area contributed by atoms with Crippen LogP contribution in [-0.2, 0) is 0 Å². The molecular weight excluding hydrogens is 294 g/mol. The molecule has 92 valence electrons. The fourth-order valence-corrected chi connectivity index (χ4v) is 3.74. The lowest BCUT2D eigenvalue weighted by Crippen LogP contribution is -1.96. The highest BCUT2D eigenvalue weighted by atomic mass is 79.9.